The predicted molar refractivity (Wildman–Crippen MR) is 66.2 cm³/mol. The monoisotopic (exact) mass is 254 g/mol. The maximum Gasteiger partial charge on any atom is 0.200 e. The van der Waals surface area contributed by atoms with Gasteiger partial charge in [-0.1, -0.05) is 13.8 Å². The fourth-order valence-corrected chi connectivity index (χ4v) is 1.87. The van der Waals surface area contributed by atoms with E-state index in [1.807, 2.05) is 12.1 Å². The Morgan fingerprint density at radius 2 is 2.24 bits per heavy atom. The Morgan fingerprint density at radius 1 is 1.41 bits per heavy atom. The van der Waals surface area contributed by atoms with E-state index < -0.39 is 0 Å². The van der Waals surface area contributed by atoms with Crippen LogP contribution in [0.4, 0.5) is 5.82 Å². The fourth-order valence-electron chi connectivity index (χ4n) is 1.67. The first-order valence-corrected chi connectivity index (χ1v) is 6.10. The second kappa shape index (κ2) is 5.27. The highest BCUT2D eigenvalue weighted by Gasteiger charge is 2.10. The van der Waals surface area contributed by atoms with E-state index in [-0.39, 0.29) is 6.04 Å². The van der Waals surface area contributed by atoms with E-state index in [1.165, 1.54) is 4.63 Å². The molecule has 0 aliphatic heterocycles. The third-order valence-corrected chi connectivity index (χ3v) is 2.74. The van der Waals surface area contributed by atoms with Gasteiger partial charge in [-0.05, 0) is 34.9 Å². The van der Waals surface area contributed by atoms with Crippen molar-refractivity contribution in [2.45, 2.75) is 26.3 Å². The molecule has 0 aliphatic carbocycles. The summed E-state index contributed by atoms with van der Waals surface area (Å²) in [4.78, 5) is 0. The van der Waals surface area contributed by atoms with Crippen LogP contribution in [0, 0.1) is 5.92 Å². The van der Waals surface area contributed by atoms with E-state index in [0.29, 0.717) is 17.4 Å². The Labute approximate surface area is 104 Å². The summed E-state index contributed by atoms with van der Waals surface area (Å²) in [5.74, 6) is 1.87. The van der Waals surface area contributed by atoms with E-state index in [0.717, 1.165) is 12.2 Å². The quantitative estimate of drug-likeness (QED) is 0.821. The number of hydrogen-bond donors (Lipinski definition) is 1. The van der Waals surface area contributed by atoms with Crippen molar-refractivity contribution in [3.05, 3.63) is 12.1 Å². The smallest absolute Gasteiger partial charge is 0.200 e. The van der Waals surface area contributed by atoms with Crippen LogP contribution in [0.3, 0.4) is 0 Å². The Morgan fingerprint density at radius 3 is 2.94 bits per heavy atom. The minimum absolute atomic E-state index is 0.207. The molecule has 0 amide bonds. The second-order valence-corrected chi connectivity index (χ2v) is 4.68. The third kappa shape index (κ3) is 3.03. The van der Waals surface area contributed by atoms with Crippen LogP contribution in [0.15, 0.2) is 12.1 Å². The molecule has 2 rings (SSSR count). The number of fused-ring (bicyclic) bond motifs is 1. The Kier molecular flexibility index (Phi) is 3.73. The highest BCUT2D eigenvalue weighted by Crippen LogP contribution is 2.12. The van der Waals surface area contributed by atoms with Crippen LogP contribution in [0.5, 0.6) is 0 Å². The molecule has 6 nitrogen and oxygen atoms in total. The number of alkyl halides is 1. The van der Waals surface area contributed by atoms with Crippen LogP contribution < -0.4 is 5.32 Å². The maximum absolute atomic E-state index is 5.92. The first-order chi connectivity index (χ1) is 8.19. The molecular formula is C10H15ClN6. The molecule has 0 saturated heterocycles. The summed E-state index contributed by atoms with van der Waals surface area (Å²) < 4.78 is 1.39. The van der Waals surface area contributed by atoms with Gasteiger partial charge in [-0.3, -0.25) is 0 Å². The lowest BCUT2D eigenvalue weighted by Crippen LogP contribution is -2.24. The van der Waals surface area contributed by atoms with Gasteiger partial charge >= 0.3 is 0 Å². The average Bonchev–Trinajstić information content (AvgIpc) is 2.74. The third-order valence-electron chi connectivity index (χ3n) is 2.36. The van der Waals surface area contributed by atoms with Gasteiger partial charge in [0.15, 0.2) is 5.65 Å². The molecule has 0 saturated carbocycles. The molecule has 1 N–H and O–H groups in total. The van der Waals surface area contributed by atoms with Gasteiger partial charge in [0.25, 0.3) is 0 Å². The topological polar surface area (TPSA) is 68.0 Å². The van der Waals surface area contributed by atoms with Crippen molar-refractivity contribution >= 4 is 23.1 Å². The number of nitrogens with one attached hydrogen (secondary N) is 1. The van der Waals surface area contributed by atoms with E-state index in [9.17, 15) is 0 Å². The Bertz CT molecular complexity index is 482. The number of tetrazole rings is 1. The molecule has 17 heavy (non-hydrogen) atoms. The van der Waals surface area contributed by atoms with Crippen molar-refractivity contribution < 1.29 is 0 Å². The van der Waals surface area contributed by atoms with Crippen LogP contribution in [0.1, 0.15) is 20.3 Å². The van der Waals surface area contributed by atoms with Gasteiger partial charge in [-0.15, -0.1) is 26.4 Å². The Balaban J connectivity index is 2.10. The fraction of sp³-hybridized carbons (Fsp3) is 0.600. The molecule has 0 spiro atoms. The molecule has 0 aromatic carbocycles. The molecule has 0 bridgehead atoms. The summed E-state index contributed by atoms with van der Waals surface area (Å²) >= 11 is 5.92. The van der Waals surface area contributed by atoms with Crippen LogP contribution in [0.25, 0.3) is 5.65 Å². The summed E-state index contributed by atoms with van der Waals surface area (Å²) in [5.41, 5.74) is 0.627. The lowest BCUT2D eigenvalue weighted by Gasteiger charge is -2.18. The van der Waals surface area contributed by atoms with Crippen molar-refractivity contribution in [1.29, 1.82) is 0 Å². The number of aromatic nitrogens is 5. The molecule has 2 aromatic rings. The predicted octanol–water partition coefficient (Wildman–Crippen LogP) is 1.58. The molecule has 2 heterocycles. The highest BCUT2D eigenvalue weighted by molar-refractivity contribution is 6.18. The van der Waals surface area contributed by atoms with Crippen LogP contribution >= 0.6 is 11.6 Å². The van der Waals surface area contributed by atoms with Crippen LogP contribution in [-0.4, -0.2) is 37.2 Å². The van der Waals surface area contributed by atoms with E-state index in [4.69, 9.17) is 11.6 Å². The van der Waals surface area contributed by atoms with Gasteiger partial charge < -0.3 is 5.32 Å². The molecule has 0 fully saturated rings. The SMILES string of the molecule is CC(C)CC(CCl)Nc1ccc2nnnn2n1. The molecule has 0 radical (unpaired) electrons. The minimum atomic E-state index is 0.207. The van der Waals surface area contributed by atoms with E-state index in [1.54, 1.807) is 0 Å². The summed E-state index contributed by atoms with van der Waals surface area (Å²) in [7, 11) is 0. The van der Waals surface area contributed by atoms with Crippen LogP contribution in [-0.2, 0) is 0 Å². The van der Waals surface area contributed by atoms with Gasteiger partial charge in [0.2, 0.25) is 0 Å². The van der Waals surface area contributed by atoms with E-state index in [2.05, 4.69) is 39.8 Å². The molecule has 92 valence electrons. The van der Waals surface area contributed by atoms with Gasteiger partial charge in [0.1, 0.15) is 5.82 Å². The van der Waals surface area contributed by atoms with Gasteiger partial charge in [0, 0.05) is 11.9 Å². The zero-order valence-corrected chi connectivity index (χ0v) is 10.6. The highest BCUT2D eigenvalue weighted by atomic mass is 35.5. The van der Waals surface area contributed by atoms with Crippen molar-refractivity contribution in [2.24, 2.45) is 5.92 Å². The zero-order chi connectivity index (χ0) is 12.3. The second-order valence-electron chi connectivity index (χ2n) is 4.37. The minimum Gasteiger partial charge on any atom is -0.365 e. The largest absolute Gasteiger partial charge is 0.365 e. The lowest BCUT2D eigenvalue weighted by molar-refractivity contribution is 0.540. The van der Waals surface area contributed by atoms with Crippen molar-refractivity contribution in [1.82, 2.24) is 25.3 Å². The molecule has 7 heteroatoms. The van der Waals surface area contributed by atoms with Crippen LogP contribution in [0.2, 0.25) is 0 Å². The normalized spacial score (nSPS) is 13.2. The Hall–Kier alpha value is -1.43. The summed E-state index contributed by atoms with van der Waals surface area (Å²) in [6.45, 7) is 4.33. The molecule has 1 atom stereocenters. The first-order valence-electron chi connectivity index (χ1n) is 5.57. The van der Waals surface area contributed by atoms with Crippen molar-refractivity contribution in [2.75, 3.05) is 11.2 Å². The first kappa shape index (κ1) is 12.0. The zero-order valence-electron chi connectivity index (χ0n) is 9.84. The van der Waals surface area contributed by atoms with Crippen molar-refractivity contribution in [3.8, 4) is 0 Å². The van der Waals surface area contributed by atoms with Gasteiger partial charge in [-0.25, -0.2) is 0 Å². The van der Waals surface area contributed by atoms with Gasteiger partial charge in [0.05, 0.1) is 0 Å². The summed E-state index contributed by atoms with van der Waals surface area (Å²) in [5, 5.41) is 18.6. The van der Waals surface area contributed by atoms with Gasteiger partial charge in [-0.2, -0.15) is 0 Å². The number of nitrogens with zero attached hydrogens (tertiary/aromatic N) is 5. The molecule has 1 unspecified atom stereocenters. The number of rotatable bonds is 5. The molecular weight excluding hydrogens is 240 g/mol. The molecule has 2 aromatic heterocycles. The summed E-state index contributed by atoms with van der Waals surface area (Å²) in [6, 6.07) is 3.87. The number of halogens is 1. The lowest BCUT2D eigenvalue weighted by atomic mass is 10.1. The average molecular weight is 255 g/mol. The maximum atomic E-state index is 5.92. The standard InChI is InChI=1S/C10H15ClN6/c1-7(2)5-8(6-11)12-9-3-4-10-13-15-16-17(10)14-9/h3-4,7-8H,5-6H2,1-2H3,(H,12,14). The summed E-state index contributed by atoms with van der Waals surface area (Å²) in [6.07, 6.45) is 0.999. The van der Waals surface area contributed by atoms with Crippen molar-refractivity contribution in [3.63, 3.8) is 0 Å². The number of anilines is 1. The molecule has 0 aliphatic rings. The number of hydrogen-bond acceptors (Lipinski definition) is 5. The van der Waals surface area contributed by atoms with E-state index >= 15 is 0 Å².